The lowest BCUT2D eigenvalue weighted by Gasteiger charge is -2.25. The van der Waals surface area contributed by atoms with E-state index in [9.17, 15) is 0 Å². The molecule has 4 heteroatoms. The van der Waals surface area contributed by atoms with Gasteiger partial charge in [0.1, 0.15) is 11.3 Å². The molecule has 2 rings (SSSR count). The molecule has 1 unspecified atom stereocenters. The van der Waals surface area contributed by atoms with Gasteiger partial charge in [0.05, 0.1) is 11.7 Å². The van der Waals surface area contributed by atoms with Crippen LogP contribution >= 0.6 is 0 Å². The highest BCUT2D eigenvalue weighted by atomic mass is 15.1. The Morgan fingerprint density at radius 1 is 1.30 bits per heavy atom. The minimum Gasteiger partial charge on any atom is -0.330 e. The number of rotatable bonds is 5. The number of fused-ring (bicyclic) bond motifs is 1. The highest BCUT2D eigenvalue weighted by Gasteiger charge is 2.21. The second-order valence-electron chi connectivity index (χ2n) is 6.62. The summed E-state index contributed by atoms with van der Waals surface area (Å²) in [6, 6.07) is 2.06. The van der Waals surface area contributed by atoms with Gasteiger partial charge >= 0.3 is 0 Å². The zero-order valence-electron chi connectivity index (χ0n) is 13.1. The van der Waals surface area contributed by atoms with Crippen LogP contribution in [-0.2, 0) is 12.0 Å². The van der Waals surface area contributed by atoms with Crippen LogP contribution in [0.15, 0.2) is 18.5 Å². The van der Waals surface area contributed by atoms with Gasteiger partial charge in [-0.3, -0.25) is 4.98 Å². The Bertz CT molecular complexity index is 565. The molecule has 0 aliphatic heterocycles. The number of aryl methyl sites for hydroxylation is 1. The van der Waals surface area contributed by atoms with Crippen LogP contribution < -0.4 is 5.73 Å². The van der Waals surface area contributed by atoms with E-state index in [4.69, 9.17) is 10.7 Å². The van der Waals surface area contributed by atoms with Crippen molar-refractivity contribution in [3.8, 4) is 0 Å². The first-order chi connectivity index (χ1) is 9.43. The first kappa shape index (κ1) is 15.0. The van der Waals surface area contributed by atoms with Gasteiger partial charge in [0.25, 0.3) is 0 Å². The van der Waals surface area contributed by atoms with Crippen LogP contribution in [0.25, 0.3) is 11.0 Å². The molecule has 2 N–H and O–H groups in total. The molecule has 0 aliphatic carbocycles. The van der Waals surface area contributed by atoms with Gasteiger partial charge in [-0.25, -0.2) is 4.98 Å². The Labute approximate surface area is 121 Å². The fraction of sp³-hybridized carbons (Fsp3) is 0.625. The minimum atomic E-state index is 0.0303. The van der Waals surface area contributed by atoms with Crippen molar-refractivity contribution in [1.82, 2.24) is 14.5 Å². The van der Waals surface area contributed by atoms with Crippen LogP contribution in [-0.4, -0.2) is 21.1 Å². The third-order valence-corrected chi connectivity index (χ3v) is 3.72. The topological polar surface area (TPSA) is 56.7 Å². The van der Waals surface area contributed by atoms with E-state index in [1.165, 1.54) is 5.52 Å². The van der Waals surface area contributed by atoms with Crippen molar-refractivity contribution in [3.05, 3.63) is 24.3 Å². The molecule has 0 aliphatic rings. The van der Waals surface area contributed by atoms with Crippen molar-refractivity contribution >= 4 is 11.0 Å². The van der Waals surface area contributed by atoms with E-state index in [1.807, 2.05) is 12.4 Å². The molecule has 0 radical (unpaired) electrons. The van der Waals surface area contributed by atoms with E-state index in [-0.39, 0.29) is 5.54 Å². The van der Waals surface area contributed by atoms with Crippen molar-refractivity contribution in [2.75, 3.05) is 6.54 Å². The lowest BCUT2D eigenvalue weighted by Crippen LogP contribution is -2.24. The molecular weight excluding hydrogens is 248 g/mol. The second-order valence-corrected chi connectivity index (χ2v) is 6.62. The molecule has 110 valence electrons. The summed E-state index contributed by atoms with van der Waals surface area (Å²) in [4.78, 5) is 8.96. The average Bonchev–Trinajstić information content (AvgIpc) is 2.74. The monoisotopic (exact) mass is 274 g/mol. The normalized spacial score (nSPS) is 13.8. The van der Waals surface area contributed by atoms with Crippen molar-refractivity contribution in [3.63, 3.8) is 0 Å². The summed E-state index contributed by atoms with van der Waals surface area (Å²) in [5.74, 6) is 1.80. The first-order valence-corrected chi connectivity index (χ1v) is 7.45. The second kappa shape index (κ2) is 5.92. The lowest BCUT2D eigenvalue weighted by molar-refractivity contribution is 0.385. The number of hydrogen-bond donors (Lipinski definition) is 1. The largest absolute Gasteiger partial charge is 0.330 e. The summed E-state index contributed by atoms with van der Waals surface area (Å²) in [6.45, 7) is 9.70. The van der Waals surface area contributed by atoms with E-state index >= 15 is 0 Å². The zero-order valence-corrected chi connectivity index (χ0v) is 13.1. The summed E-state index contributed by atoms with van der Waals surface area (Å²) in [5, 5.41) is 0. The van der Waals surface area contributed by atoms with Gasteiger partial charge in [0.15, 0.2) is 0 Å². The molecule has 0 saturated carbocycles. The van der Waals surface area contributed by atoms with Gasteiger partial charge < -0.3 is 10.3 Å². The van der Waals surface area contributed by atoms with Crippen LogP contribution in [0, 0.1) is 5.92 Å². The number of aromatic nitrogens is 3. The van der Waals surface area contributed by atoms with E-state index in [2.05, 4.69) is 43.3 Å². The standard InChI is InChI=1S/C16H26N4/c1-12(7-9-17)5-6-15-19-13-11-18-10-8-14(13)20(15)16(2,3)4/h8,10-12H,5-7,9,17H2,1-4H3. The molecule has 1 atom stereocenters. The Hall–Kier alpha value is -1.42. The quantitative estimate of drug-likeness (QED) is 0.911. The lowest BCUT2D eigenvalue weighted by atomic mass is 10.0. The minimum absolute atomic E-state index is 0.0303. The predicted molar refractivity (Wildman–Crippen MR) is 83.7 cm³/mol. The van der Waals surface area contributed by atoms with Crippen molar-refractivity contribution in [2.24, 2.45) is 11.7 Å². The molecule has 0 spiro atoms. The van der Waals surface area contributed by atoms with E-state index < -0.39 is 0 Å². The van der Waals surface area contributed by atoms with E-state index in [0.717, 1.165) is 37.1 Å². The van der Waals surface area contributed by atoms with Crippen LogP contribution in [0.4, 0.5) is 0 Å². The summed E-state index contributed by atoms with van der Waals surface area (Å²) in [6.07, 6.45) is 6.89. The molecule has 2 aromatic rings. The number of hydrogen-bond acceptors (Lipinski definition) is 3. The number of imidazole rings is 1. The molecule has 4 nitrogen and oxygen atoms in total. The van der Waals surface area contributed by atoms with Gasteiger partial charge in [-0.1, -0.05) is 6.92 Å². The first-order valence-electron chi connectivity index (χ1n) is 7.45. The Kier molecular flexibility index (Phi) is 4.43. The van der Waals surface area contributed by atoms with Crippen LogP contribution in [0.5, 0.6) is 0 Å². The fourth-order valence-corrected chi connectivity index (χ4v) is 2.70. The maximum atomic E-state index is 5.63. The van der Waals surface area contributed by atoms with Crippen LogP contribution in [0.3, 0.4) is 0 Å². The third kappa shape index (κ3) is 3.18. The SMILES string of the molecule is CC(CCN)CCc1nc2cnccc2n1C(C)(C)C. The molecule has 20 heavy (non-hydrogen) atoms. The summed E-state index contributed by atoms with van der Waals surface area (Å²) in [5.41, 5.74) is 7.82. The number of nitrogens with zero attached hydrogens (tertiary/aromatic N) is 3. The van der Waals surface area contributed by atoms with Crippen LogP contribution in [0.2, 0.25) is 0 Å². The molecule has 2 heterocycles. The Morgan fingerprint density at radius 3 is 2.70 bits per heavy atom. The smallest absolute Gasteiger partial charge is 0.110 e. The highest BCUT2D eigenvalue weighted by Crippen LogP contribution is 2.26. The number of pyridine rings is 1. The molecule has 0 amide bonds. The maximum absolute atomic E-state index is 5.63. The molecular formula is C16H26N4. The highest BCUT2D eigenvalue weighted by molar-refractivity contribution is 5.75. The molecule has 0 bridgehead atoms. The summed E-state index contributed by atoms with van der Waals surface area (Å²) < 4.78 is 2.35. The van der Waals surface area contributed by atoms with E-state index in [0.29, 0.717) is 5.92 Å². The van der Waals surface area contributed by atoms with Crippen molar-refractivity contribution in [2.45, 2.75) is 52.5 Å². The van der Waals surface area contributed by atoms with Crippen molar-refractivity contribution < 1.29 is 0 Å². The van der Waals surface area contributed by atoms with Gasteiger partial charge in [-0.2, -0.15) is 0 Å². The molecule has 0 aromatic carbocycles. The molecule has 2 aromatic heterocycles. The van der Waals surface area contributed by atoms with E-state index in [1.54, 1.807) is 0 Å². The van der Waals surface area contributed by atoms with Gasteiger partial charge in [0.2, 0.25) is 0 Å². The summed E-state index contributed by atoms with van der Waals surface area (Å²) in [7, 11) is 0. The van der Waals surface area contributed by atoms with Gasteiger partial charge in [0, 0.05) is 18.2 Å². The van der Waals surface area contributed by atoms with Crippen LogP contribution in [0.1, 0.15) is 46.4 Å². The predicted octanol–water partition coefficient (Wildman–Crippen LogP) is 3.10. The average molecular weight is 274 g/mol. The Morgan fingerprint density at radius 2 is 2.05 bits per heavy atom. The fourth-order valence-electron chi connectivity index (χ4n) is 2.70. The molecule has 0 saturated heterocycles. The maximum Gasteiger partial charge on any atom is 0.110 e. The summed E-state index contributed by atoms with van der Waals surface area (Å²) >= 11 is 0. The third-order valence-electron chi connectivity index (χ3n) is 3.72. The Balaban J connectivity index is 2.32. The molecule has 0 fully saturated rings. The van der Waals surface area contributed by atoms with Gasteiger partial charge in [-0.15, -0.1) is 0 Å². The van der Waals surface area contributed by atoms with Crippen molar-refractivity contribution in [1.29, 1.82) is 0 Å². The number of nitrogens with two attached hydrogens (primary N) is 1. The van der Waals surface area contributed by atoms with Gasteiger partial charge in [-0.05, 0) is 52.1 Å². The zero-order chi connectivity index (χ0) is 14.8.